The molecule has 0 spiro atoms. The van der Waals surface area contributed by atoms with E-state index in [1.807, 2.05) is 30.3 Å². The van der Waals surface area contributed by atoms with Crippen LogP contribution in [0.15, 0.2) is 78.9 Å². The standard InChI is InChI=1S/C26H24FNO5/c1-32-25(30)19-10-8-18(9-11-19)23-24(22(29)16-7-17-5-3-2-4-6-17)33-26(31)28(23)21-14-12-20(27)13-15-21/h2-6,8-15,22-24,29H,7,16H2,1H3/t22-,23-,24?/m1/s1. The second-order valence-electron chi connectivity index (χ2n) is 7.84. The van der Waals surface area contributed by atoms with E-state index < -0.39 is 36.1 Å². The molecule has 1 amide bonds. The number of hydrogen-bond donors (Lipinski definition) is 1. The van der Waals surface area contributed by atoms with Gasteiger partial charge < -0.3 is 14.6 Å². The molecule has 6 nitrogen and oxygen atoms in total. The molecule has 3 aromatic carbocycles. The molecule has 1 aliphatic rings. The van der Waals surface area contributed by atoms with Crippen molar-refractivity contribution < 1.29 is 28.6 Å². The van der Waals surface area contributed by atoms with Crippen molar-refractivity contribution in [1.29, 1.82) is 0 Å². The average molecular weight is 449 g/mol. The minimum atomic E-state index is -0.940. The normalized spacial score (nSPS) is 18.6. The summed E-state index contributed by atoms with van der Waals surface area (Å²) in [6.07, 6.45) is -1.43. The zero-order chi connectivity index (χ0) is 23.4. The predicted molar refractivity (Wildman–Crippen MR) is 120 cm³/mol. The van der Waals surface area contributed by atoms with Gasteiger partial charge in [-0.3, -0.25) is 4.90 Å². The third kappa shape index (κ3) is 4.88. The summed E-state index contributed by atoms with van der Waals surface area (Å²) in [5.74, 6) is -0.903. The molecule has 0 saturated carbocycles. The Morgan fingerprint density at radius 1 is 1.06 bits per heavy atom. The van der Waals surface area contributed by atoms with E-state index in [2.05, 4.69) is 0 Å². The van der Waals surface area contributed by atoms with Crippen molar-refractivity contribution in [3.05, 3.63) is 101 Å². The van der Waals surface area contributed by atoms with Crippen molar-refractivity contribution in [2.24, 2.45) is 0 Å². The Labute approximate surface area is 191 Å². The van der Waals surface area contributed by atoms with E-state index in [4.69, 9.17) is 9.47 Å². The summed E-state index contributed by atoms with van der Waals surface area (Å²) < 4.78 is 23.9. The van der Waals surface area contributed by atoms with Crippen molar-refractivity contribution in [3.8, 4) is 0 Å². The third-order valence-electron chi connectivity index (χ3n) is 5.75. The van der Waals surface area contributed by atoms with Crippen molar-refractivity contribution >= 4 is 17.7 Å². The molecule has 1 heterocycles. The molecule has 1 fully saturated rings. The first kappa shape index (κ1) is 22.5. The number of aryl methyl sites for hydroxylation is 1. The first-order valence-electron chi connectivity index (χ1n) is 10.6. The largest absolute Gasteiger partial charge is 0.465 e. The van der Waals surface area contributed by atoms with Crippen molar-refractivity contribution in [2.45, 2.75) is 31.1 Å². The third-order valence-corrected chi connectivity index (χ3v) is 5.75. The van der Waals surface area contributed by atoms with Gasteiger partial charge in [-0.2, -0.15) is 0 Å². The number of aliphatic hydroxyl groups excluding tert-OH is 1. The van der Waals surface area contributed by atoms with Gasteiger partial charge in [-0.1, -0.05) is 42.5 Å². The van der Waals surface area contributed by atoms with Crippen LogP contribution in [0.3, 0.4) is 0 Å². The fraction of sp³-hybridized carbons (Fsp3) is 0.231. The number of rotatable bonds is 7. The molecule has 33 heavy (non-hydrogen) atoms. The number of carbonyl (C=O) groups is 2. The number of esters is 1. The molecule has 1 unspecified atom stereocenters. The number of aliphatic hydroxyl groups is 1. The molecule has 3 atom stereocenters. The molecule has 1 aliphatic heterocycles. The van der Waals surface area contributed by atoms with Gasteiger partial charge in [0.05, 0.1) is 18.8 Å². The van der Waals surface area contributed by atoms with Crippen LogP contribution < -0.4 is 4.90 Å². The lowest BCUT2D eigenvalue weighted by Gasteiger charge is -2.27. The lowest BCUT2D eigenvalue weighted by atomic mass is 9.93. The molecule has 1 saturated heterocycles. The zero-order valence-electron chi connectivity index (χ0n) is 18.1. The first-order valence-corrected chi connectivity index (χ1v) is 10.6. The fourth-order valence-corrected chi connectivity index (χ4v) is 4.05. The highest BCUT2D eigenvalue weighted by Gasteiger charge is 2.46. The summed E-state index contributed by atoms with van der Waals surface area (Å²) in [4.78, 5) is 26.1. The number of nitrogens with zero attached hydrogens (tertiary/aromatic N) is 1. The van der Waals surface area contributed by atoms with E-state index in [1.165, 1.54) is 36.3 Å². The van der Waals surface area contributed by atoms with Crippen LogP contribution in [-0.2, 0) is 15.9 Å². The summed E-state index contributed by atoms with van der Waals surface area (Å²) >= 11 is 0. The maximum absolute atomic E-state index is 13.5. The number of benzene rings is 3. The van der Waals surface area contributed by atoms with Crippen molar-refractivity contribution in [3.63, 3.8) is 0 Å². The van der Waals surface area contributed by atoms with Gasteiger partial charge in [-0.05, 0) is 60.4 Å². The van der Waals surface area contributed by atoms with Gasteiger partial charge in [0.2, 0.25) is 0 Å². The molecule has 0 radical (unpaired) electrons. The number of halogens is 1. The van der Waals surface area contributed by atoms with E-state index in [0.29, 0.717) is 29.7 Å². The van der Waals surface area contributed by atoms with Crippen LogP contribution >= 0.6 is 0 Å². The van der Waals surface area contributed by atoms with Crippen molar-refractivity contribution in [2.75, 3.05) is 12.0 Å². The molecule has 0 bridgehead atoms. The number of anilines is 1. The molecule has 1 N–H and O–H groups in total. The Balaban J connectivity index is 1.65. The Morgan fingerprint density at radius 2 is 1.73 bits per heavy atom. The van der Waals surface area contributed by atoms with E-state index in [1.54, 1.807) is 24.3 Å². The van der Waals surface area contributed by atoms with Crippen LogP contribution in [0.1, 0.15) is 33.9 Å². The highest BCUT2D eigenvalue weighted by Crippen LogP contribution is 2.39. The molecule has 7 heteroatoms. The molecule has 0 aromatic heterocycles. The molecule has 0 aliphatic carbocycles. The Kier molecular flexibility index (Phi) is 6.70. The summed E-state index contributed by atoms with van der Waals surface area (Å²) in [5, 5.41) is 11.0. The molecular weight excluding hydrogens is 425 g/mol. The lowest BCUT2D eigenvalue weighted by Crippen LogP contribution is -2.35. The van der Waals surface area contributed by atoms with Crippen molar-refractivity contribution in [1.82, 2.24) is 0 Å². The highest BCUT2D eigenvalue weighted by atomic mass is 19.1. The second kappa shape index (κ2) is 9.83. The number of hydrogen-bond acceptors (Lipinski definition) is 5. The smallest absolute Gasteiger partial charge is 0.415 e. The topological polar surface area (TPSA) is 76.1 Å². The SMILES string of the molecule is COC(=O)c1ccc([C@@H]2C([C@H](O)CCc3ccccc3)OC(=O)N2c2ccc(F)cc2)cc1. The Morgan fingerprint density at radius 3 is 2.36 bits per heavy atom. The Hall–Kier alpha value is -3.71. The number of cyclic esters (lactones) is 1. The van der Waals surface area contributed by atoms with Crippen LogP contribution in [0.25, 0.3) is 0 Å². The van der Waals surface area contributed by atoms with E-state index in [-0.39, 0.29) is 0 Å². The quantitative estimate of drug-likeness (QED) is 0.531. The average Bonchev–Trinajstić information content (AvgIpc) is 3.20. The van der Waals surface area contributed by atoms with Crippen LogP contribution in [-0.4, -0.2) is 36.5 Å². The first-order chi connectivity index (χ1) is 16.0. The minimum Gasteiger partial charge on any atom is -0.465 e. The molecule has 3 aromatic rings. The number of ether oxygens (including phenoxy) is 2. The molecule has 4 rings (SSSR count). The van der Waals surface area contributed by atoms with Gasteiger partial charge >= 0.3 is 12.1 Å². The summed E-state index contributed by atoms with van der Waals surface area (Å²) in [7, 11) is 1.30. The zero-order valence-corrected chi connectivity index (χ0v) is 18.1. The van der Waals surface area contributed by atoms with Crippen LogP contribution in [0.4, 0.5) is 14.9 Å². The number of amides is 1. The fourth-order valence-electron chi connectivity index (χ4n) is 4.05. The summed E-state index contributed by atoms with van der Waals surface area (Å²) in [5.41, 5.74) is 2.54. The Bertz CT molecular complexity index is 1100. The van der Waals surface area contributed by atoms with Crippen LogP contribution in [0.5, 0.6) is 0 Å². The monoisotopic (exact) mass is 449 g/mol. The minimum absolute atomic E-state index is 0.362. The van der Waals surface area contributed by atoms with Gasteiger partial charge in [0, 0.05) is 5.69 Å². The van der Waals surface area contributed by atoms with E-state index in [0.717, 1.165) is 5.56 Å². The summed E-state index contributed by atoms with van der Waals surface area (Å²) in [6, 6.07) is 21.2. The maximum Gasteiger partial charge on any atom is 0.415 e. The van der Waals surface area contributed by atoms with E-state index in [9.17, 15) is 19.1 Å². The van der Waals surface area contributed by atoms with Gasteiger partial charge in [0.25, 0.3) is 0 Å². The van der Waals surface area contributed by atoms with Gasteiger partial charge in [-0.25, -0.2) is 14.0 Å². The van der Waals surface area contributed by atoms with Crippen LogP contribution in [0.2, 0.25) is 0 Å². The van der Waals surface area contributed by atoms with Gasteiger partial charge in [0.15, 0.2) is 6.10 Å². The van der Waals surface area contributed by atoms with Crippen LogP contribution in [0, 0.1) is 5.82 Å². The number of carbonyl (C=O) groups excluding carboxylic acids is 2. The number of methoxy groups -OCH3 is 1. The predicted octanol–water partition coefficient (Wildman–Crippen LogP) is 4.67. The summed E-state index contributed by atoms with van der Waals surface area (Å²) in [6.45, 7) is 0. The van der Waals surface area contributed by atoms with Gasteiger partial charge in [0.1, 0.15) is 11.9 Å². The van der Waals surface area contributed by atoms with E-state index >= 15 is 0 Å². The van der Waals surface area contributed by atoms with Gasteiger partial charge in [-0.15, -0.1) is 0 Å². The second-order valence-corrected chi connectivity index (χ2v) is 7.84. The maximum atomic E-state index is 13.5. The molecular formula is C26H24FNO5. The highest BCUT2D eigenvalue weighted by molar-refractivity contribution is 5.92. The lowest BCUT2D eigenvalue weighted by molar-refractivity contribution is 0.0146. The molecule has 170 valence electrons.